The minimum absolute atomic E-state index is 0.330. The molecule has 0 radical (unpaired) electrons. The van der Waals surface area contributed by atoms with Crippen LogP contribution in [-0.4, -0.2) is 19.6 Å². The fourth-order valence-electron chi connectivity index (χ4n) is 3.16. The summed E-state index contributed by atoms with van der Waals surface area (Å²) < 4.78 is 0. The Morgan fingerprint density at radius 2 is 1.60 bits per heavy atom. The van der Waals surface area contributed by atoms with Crippen LogP contribution in [0.25, 0.3) is 10.8 Å². The zero-order valence-electron chi connectivity index (χ0n) is 14.6. The molecule has 0 unspecified atom stereocenters. The number of benzene rings is 3. The first-order valence-electron chi connectivity index (χ1n) is 8.91. The molecule has 0 aliphatic heterocycles. The van der Waals surface area contributed by atoms with Gasteiger partial charge >= 0.3 is 0 Å². The smallest absolute Gasteiger partial charge is 0.0438 e. The SMILES string of the molecule is C[C@@H](NCCNCCc1ccccc1Cl)c1cccc2ccccc12. The van der Waals surface area contributed by atoms with Crippen LogP contribution < -0.4 is 10.6 Å². The lowest BCUT2D eigenvalue weighted by Gasteiger charge is -2.17. The minimum Gasteiger partial charge on any atom is -0.315 e. The maximum Gasteiger partial charge on any atom is 0.0438 e. The molecule has 25 heavy (non-hydrogen) atoms. The van der Waals surface area contributed by atoms with E-state index in [1.807, 2.05) is 18.2 Å². The molecule has 3 aromatic carbocycles. The molecule has 2 nitrogen and oxygen atoms in total. The van der Waals surface area contributed by atoms with Gasteiger partial charge in [-0.05, 0) is 47.9 Å². The highest BCUT2D eigenvalue weighted by Gasteiger charge is 2.08. The van der Waals surface area contributed by atoms with E-state index in [-0.39, 0.29) is 0 Å². The van der Waals surface area contributed by atoms with Crippen molar-refractivity contribution in [2.75, 3.05) is 19.6 Å². The molecular formula is C22H25ClN2. The Labute approximate surface area is 155 Å². The predicted octanol–water partition coefficient (Wildman–Crippen LogP) is 4.98. The van der Waals surface area contributed by atoms with Crippen molar-refractivity contribution in [2.24, 2.45) is 0 Å². The van der Waals surface area contributed by atoms with Crippen molar-refractivity contribution in [1.82, 2.24) is 10.6 Å². The predicted molar refractivity (Wildman–Crippen MR) is 108 cm³/mol. The zero-order valence-corrected chi connectivity index (χ0v) is 15.4. The summed E-state index contributed by atoms with van der Waals surface area (Å²) in [6.45, 7) is 5.05. The van der Waals surface area contributed by atoms with Gasteiger partial charge in [-0.2, -0.15) is 0 Å². The summed E-state index contributed by atoms with van der Waals surface area (Å²) in [6, 6.07) is 23.5. The van der Waals surface area contributed by atoms with Gasteiger partial charge in [0.1, 0.15) is 0 Å². The largest absolute Gasteiger partial charge is 0.315 e. The van der Waals surface area contributed by atoms with E-state index in [1.165, 1.54) is 21.9 Å². The van der Waals surface area contributed by atoms with Crippen LogP contribution in [0.2, 0.25) is 5.02 Å². The fraction of sp³-hybridized carbons (Fsp3) is 0.273. The average Bonchev–Trinajstić information content (AvgIpc) is 2.65. The highest BCUT2D eigenvalue weighted by atomic mass is 35.5. The standard InChI is InChI=1S/C22H25ClN2/c1-17(20-11-6-9-18-7-2-4-10-21(18)20)25-16-15-24-14-13-19-8-3-5-12-22(19)23/h2-12,17,24-25H,13-16H2,1H3/t17-/m1/s1. The highest BCUT2D eigenvalue weighted by molar-refractivity contribution is 6.31. The van der Waals surface area contributed by atoms with Gasteiger partial charge in [0, 0.05) is 24.2 Å². The third-order valence-electron chi connectivity index (χ3n) is 4.57. The summed E-state index contributed by atoms with van der Waals surface area (Å²) in [7, 11) is 0. The number of fused-ring (bicyclic) bond motifs is 1. The van der Waals surface area contributed by atoms with Crippen molar-refractivity contribution in [3.63, 3.8) is 0 Å². The Morgan fingerprint density at radius 1 is 0.840 bits per heavy atom. The fourth-order valence-corrected chi connectivity index (χ4v) is 3.39. The van der Waals surface area contributed by atoms with E-state index in [0.29, 0.717) is 6.04 Å². The summed E-state index contributed by atoms with van der Waals surface area (Å²) in [6.07, 6.45) is 0.957. The summed E-state index contributed by atoms with van der Waals surface area (Å²) in [5, 5.41) is 10.6. The van der Waals surface area contributed by atoms with Gasteiger partial charge < -0.3 is 10.6 Å². The summed E-state index contributed by atoms with van der Waals surface area (Å²) in [5.74, 6) is 0. The average molecular weight is 353 g/mol. The normalized spacial score (nSPS) is 12.4. The summed E-state index contributed by atoms with van der Waals surface area (Å²) in [5.41, 5.74) is 2.56. The third-order valence-corrected chi connectivity index (χ3v) is 4.94. The molecule has 0 fully saturated rings. The number of hydrogen-bond acceptors (Lipinski definition) is 2. The van der Waals surface area contributed by atoms with E-state index in [1.54, 1.807) is 0 Å². The van der Waals surface area contributed by atoms with Gasteiger partial charge in [-0.3, -0.25) is 0 Å². The Kier molecular flexibility index (Phi) is 6.46. The van der Waals surface area contributed by atoms with E-state index in [4.69, 9.17) is 11.6 Å². The zero-order chi connectivity index (χ0) is 17.5. The van der Waals surface area contributed by atoms with Crippen LogP contribution in [0.4, 0.5) is 0 Å². The second kappa shape index (κ2) is 9.00. The van der Waals surface area contributed by atoms with E-state index in [9.17, 15) is 0 Å². The van der Waals surface area contributed by atoms with Crippen LogP contribution in [0.15, 0.2) is 66.7 Å². The second-order valence-corrected chi connectivity index (χ2v) is 6.74. The first-order valence-corrected chi connectivity index (χ1v) is 9.28. The van der Waals surface area contributed by atoms with Crippen molar-refractivity contribution < 1.29 is 0 Å². The molecule has 2 N–H and O–H groups in total. The maximum atomic E-state index is 6.18. The second-order valence-electron chi connectivity index (χ2n) is 6.34. The molecule has 0 aromatic heterocycles. The molecule has 130 valence electrons. The number of hydrogen-bond donors (Lipinski definition) is 2. The summed E-state index contributed by atoms with van der Waals surface area (Å²) in [4.78, 5) is 0. The number of rotatable bonds is 8. The van der Waals surface area contributed by atoms with Gasteiger partial charge in [0.15, 0.2) is 0 Å². The monoisotopic (exact) mass is 352 g/mol. The Hall–Kier alpha value is -1.87. The van der Waals surface area contributed by atoms with Crippen LogP contribution in [0.5, 0.6) is 0 Å². The van der Waals surface area contributed by atoms with Crippen LogP contribution in [0.1, 0.15) is 24.1 Å². The van der Waals surface area contributed by atoms with Crippen molar-refractivity contribution in [3.8, 4) is 0 Å². The van der Waals surface area contributed by atoms with Crippen molar-refractivity contribution in [2.45, 2.75) is 19.4 Å². The van der Waals surface area contributed by atoms with Gasteiger partial charge in [-0.15, -0.1) is 0 Å². The van der Waals surface area contributed by atoms with Crippen LogP contribution >= 0.6 is 11.6 Å². The van der Waals surface area contributed by atoms with E-state index in [2.05, 4.69) is 66.1 Å². The molecule has 0 heterocycles. The van der Waals surface area contributed by atoms with E-state index >= 15 is 0 Å². The molecule has 0 saturated carbocycles. The van der Waals surface area contributed by atoms with Gasteiger partial charge in [0.2, 0.25) is 0 Å². The molecule has 1 atom stereocenters. The molecule has 0 amide bonds. The number of nitrogens with one attached hydrogen (secondary N) is 2. The molecule has 3 heteroatoms. The Bertz CT molecular complexity index is 810. The van der Waals surface area contributed by atoms with Crippen LogP contribution in [-0.2, 0) is 6.42 Å². The first kappa shape index (κ1) is 17.9. The molecule has 0 spiro atoms. The summed E-state index contributed by atoms with van der Waals surface area (Å²) >= 11 is 6.18. The minimum atomic E-state index is 0.330. The van der Waals surface area contributed by atoms with E-state index in [0.717, 1.165) is 31.1 Å². The lowest BCUT2D eigenvalue weighted by atomic mass is 10.00. The third kappa shape index (κ3) is 4.82. The van der Waals surface area contributed by atoms with Crippen molar-refractivity contribution >= 4 is 22.4 Å². The first-order chi connectivity index (χ1) is 12.3. The molecule has 0 bridgehead atoms. The highest BCUT2D eigenvalue weighted by Crippen LogP contribution is 2.23. The molecule has 3 rings (SSSR count). The number of halogens is 1. The van der Waals surface area contributed by atoms with Crippen molar-refractivity contribution in [1.29, 1.82) is 0 Å². The maximum absolute atomic E-state index is 6.18. The van der Waals surface area contributed by atoms with Crippen molar-refractivity contribution in [3.05, 3.63) is 82.9 Å². The van der Waals surface area contributed by atoms with Crippen LogP contribution in [0, 0.1) is 0 Å². The van der Waals surface area contributed by atoms with Gasteiger partial charge in [-0.1, -0.05) is 72.3 Å². The van der Waals surface area contributed by atoms with Crippen LogP contribution in [0.3, 0.4) is 0 Å². The Morgan fingerprint density at radius 3 is 2.48 bits per heavy atom. The lowest BCUT2D eigenvalue weighted by molar-refractivity contribution is 0.549. The lowest BCUT2D eigenvalue weighted by Crippen LogP contribution is -2.30. The molecule has 0 aliphatic carbocycles. The van der Waals surface area contributed by atoms with E-state index < -0.39 is 0 Å². The topological polar surface area (TPSA) is 24.1 Å². The van der Waals surface area contributed by atoms with Gasteiger partial charge in [0.25, 0.3) is 0 Å². The van der Waals surface area contributed by atoms with Gasteiger partial charge in [-0.25, -0.2) is 0 Å². The Balaban J connectivity index is 1.43. The molecular weight excluding hydrogens is 328 g/mol. The van der Waals surface area contributed by atoms with Gasteiger partial charge in [0.05, 0.1) is 0 Å². The quantitative estimate of drug-likeness (QED) is 0.559. The molecule has 0 saturated heterocycles. The molecule has 3 aromatic rings. The molecule has 0 aliphatic rings.